The van der Waals surface area contributed by atoms with E-state index in [2.05, 4.69) is 15.3 Å². The molecule has 1 aliphatic heterocycles. The van der Waals surface area contributed by atoms with Gasteiger partial charge in [-0.25, -0.2) is 4.39 Å². The van der Waals surface area contributed by atoms with E-state index in [1.54, 1.807) is 32.4 Å². The number of likely N-dealkylation sites (N-methyl/N-ethyl adjacent to an activating group) is 1. The molecule has 0 aliphatic carbocycles. The fraction of sp³-hybridized carbons (Fsp3) is 0.476. The molecule has 1 aliphatic rings. The quantitative estimate of drug-likeness (QED) is 0.710. The van der Waals surface area contributed by atoms with E-state index in [4.69, 9.17) is 4.74 Å². The summed E-state index contributed by atoms with van der Waals surface area (Å²) in [5.41, 5.74) is 1.66. The van der Waals surface area contributed by atoms with Crippen LogP contribution in [0, 0.1) is 5.82 Å². The Morgan fingerprint density at radius 3 is 2.70 bits per heavy atom. The molecular weight excluding hydrogens is 389 g/mol. The number of nitrogens with one attached hydrogen (secondary N) is 1. The van der Waals surface area contributed by atoms with Gasteiger partial charge in [-0.05, 0) is 24.1 Å². The van der Waals surface area contributed by atoms with E-state index in [1.165, 1.54) is 24.0 Å². The van der Waals surface area contributed by atoms with Gasteiger partial charge in [-0.1, -0.05) is 12.1 Å². The summed E-state index contributed by atoms with van der Waals surface area (Å²) in [5, 5.41) is 7.13. The van der Waals surface area contributed by atoms with Crippen LogP contribution in [0.5, 0.6) is 0 Å². The Hall–Kier alpha value is -2.78. The first-order valence-electron chi connectivity index (χ1n) is 9.90. The van der Waals surface area contributed by atoms with Crippen LogP contribution in [0.25, 0.3) is 0 Å². The SMILES string of the molecule is CC(=O)Nc1cnn([C@H]2C[C@@H](COCC(=O)N(C)C)N(Cc3ccc(F)cc3)C2)c1. The molecule has 1 saturated heterocycles. The molecule has 8 nitrogen and oxygen atoms in total. The van der Waals surface area contributed by atoms with Crippen LogP contribution in [-0.2, 0) is 20.9 Å². The number of rotatable bonds is 8. The zero-order chi connectivity index (χ0) is 21.7. The highest BCUT2D eigenvalue weighted by Gasteiger charge is 2.34. The van der Waals surface area contributed by atoms with Crippen LogP contribution < -0.4 is 5.32 Å². The van der Waals surface area contributed by atoms with Crippen molar-refractivity contribution in [3.63, 3.8) is 0 Å². The van der Waals surface area contributed by atoms with Crippen molar-refractivity contribution in [2.24, 2.45) is 0 Å². The summed E-state index contributed by atoms with van der Waals surface area (Å²) in [5.74, 6) is -0.487. The molecule has 9 heteroatoms. The lowest BCUT2D eigenvalue weighted by molar-refractivity contribution is -0.134. The lowest BCUT2D eigenvalue weighted by atomic mass is 10.1. The summed E-state index contributed by atoms with van der Waals surface area (Å²) < 4.78 is 20.8. The zero-order valence-electron chi connectivity index (χ0n) is 17.5. The van der Waals surface area contributed by atoms with Crippen LogP contribution in [0.3, 0.4) is 0 Å². The monoisotopic (exact) mass is 417 g/mol. The van der Waals surface area contributed by atoms with Crippen molar-refractivity contribution in [3.05, 3.63) is 48.0 Å². The van der Waals surface area contributed by atoms with Gasteiger partial charge in [0.2, 0.25) is 11.8 Å². The lowest BCUT2D eigenvalue weighted by Crippen LogP contribution is -2.34. The number of likely N-dealkylation sites (tertiary alicyclic amines) is 1. The number of hydrogen-bond acceptors (Lipinski definition) is 5. The van der Waals surface area contributed by atoms with E-state index >= 15 is 0 Å². The fourth-order valence-corrected chi connectivity index (χ4v) is 3.56. The third-order valence-electron chi connectivity index (χ3n) is 5.14. The number of nitrogens with zero attached hydrogens (tertiary/aromatic N) is 4. The standard InChI is InChI=1S/C21H28FN5O3/c1-15(28)24-18-9-23-27(11-18)19-8-20(13-30-14-21(29)25(2)3)26(12-19)10-16-4-6-17(22)7-5-16/h4-7,9,11,19-20H,8,10,12-14H2,1-3H3,(H,24,28)/t19-,20-/m0/s1. The molecule has 1 aromatic heterocycles. The van der Waals surface area contributed by atoms with Gasteiger partial charge < -0.3 is 15.0 Å². The highest BCUT2D eigenvalue weighted by Crippen LogP contribution is 2.29. The fourth-order valence-electron chi connectivity index (χ4n) is 3.56. The van der Waals surface area contributed by atoms with Crippen molar-refractivity contribution >= 4 is 17.5 Å². The molecule has 30 heavy (non-hydrogen) atoms. The van der Waals surface area contributed by atoms with Gasteiger partial charge in [0.25, 0.3) is 0 Å². The number of hydrogen-bond donors (Lipinski definition) is 1. The van der Waals surface area contributed by atoms with Gasteiger partial charge in [0.15, 0.2) is 0 Å². The van der Waals surface area contributed by atoms with Crippen LogP contribution in [0.1, 0.15) is 24.9 Å². The van der Waals surface area contributed by atoms with E-state index in [0.717, 1.165) is 18.5 Å². The van der Waals surface area contributed by atoms with E-state index in [1.807, 2.05) is 10.9 Å². The number of carbonyl (C=O) groups is 2. The van der Waals surface area contributed by atoms with Gasteiger partial charge in [0, 0.05) is 46.3 Å². The second-order valence-electron chi connectivity index (χ2n) is 7.79. The molecule has 2 heterocycles. The van der Waals surface area contributed by atoms with Gasteiger partial charge in [0.1, 0.15) is 12.4 Å². The van der Waals surface area contributed by atoms with Crippen LogP contribution in [0.4, 0.5) is 10.1 Å². The summed E-state index contributed by atoms with van der Waals surface area (Å²) in [6.07, 6.45) is 4.24. The molecule has 0 spiro atoms. The van der Waals surface area contributed by atoms with Crippen LogP contribution in [0.2, 0.25) is 0 Å². The number of amides is 2. The summed E-state index contributed by atoms with van der Waals surface area (Å²) >= 11 is 0. The Labute approximate surface area is 175 Å². The van der Waals surface area contributed by atoms with Gasteiger partial charge in [-0.2, -0.15) is 5.10 Å². The molecule has 0 bridgehead atoms. The van der Waals surface area contributed by atoms with Crippen molar-refractivity contribution < 1.29 is 18.7 Å². The van der Waals surface area contributed by atoms with Crippen LogP contribution in [0.15, 0.2) is 36.7 Å². The Kier molecular flexibility index (Phi) is 7.17. The molecule has 2 aromatic rings. The summed E-state index contributed by atoms with van der Waals surface area (Å²) in [7, 11) is 3.39. The molecule has 0 unspecified atom stereocenters. The van der Waals surface area contributed by atoms with Gasteiger partial charge in [0.05, 0.1) is 24.5 Å². The highest BCUT2D eigenvalue weighted by molar-refractivity contribution is 5.88. The topological polar surface area (TPSA) is 79.7 Å². The van der Waals surface area contributed by atoms with E-state index < -0.39 is 0 Å². The van der Waals surface area contributed by atoms with E-state index in [9.17, 15) is 14.0 Å². The highest BCUT2D eigenvalue weighted by atomic mass is 19.1. The molecule has 162 valence electrons. The maximum absolute atomic E-state index is 13.2. The van der Waals surface area contributed by atoms with Crippen molar-refractivity contribution in [2.75, 3.05) is 39.2 Å². The predicted molar refractivity (Wildman–Crippen MR) is 110 cm³/mol. The minimum Gasteiger partial charge on any atom is -0.370 e. The molecule has 0 saturated carbocycles. The zero-order valence-corrected chi connectivity index (χ0v) is 17.5. The average molecular weight is 417 g/mol. The smallest absolute Gasteiger partial charge is 0.248 e. The second-order valence-corrected chi connectivity index (χ2v) is 7.79. The number of aromatic nitrogens is 2. The maximum atomic E-state index is 13.2. The Bertz CT molecular complexity index is 868. The van der Waals surface area contributed by atoms with Crippen molar-refractivity contribution in [2.45, 2.75) is 32.0 Å². The first-order chi connectivity index (χ1) is 14.3. The Morgan fingerprint density at radius 1 is 1.30 bits per heavy atom. The maximum Gasteiger partial charge on any atom is 0.248 e. The van der Waals surface area contributed by atoms with Crippen molar-refractivity contribution in [1.82, 2.24) is 19.6 Å². The van der Waals surface area contributed by atoms with Gasteiger partial charge >= 0.3 is 0 Å². The van der Waals surface area contributed by atoms with E-state index in [-0.39, 0.29) is 36.3 Å². The molecule has 2 amide bonds. The normalized spacial score (nSPS) is 19.1. The molecule has 3 rings (SSSR count). The molecule has 0 radical (unpaired) electrons. The Morgan fingerprint density at radius 2 is 2.03 bits per heavy atom. The second kappa shape index (κ2) is 9.82. The summed E-state index contributed by atoms with van der Waals surface area (Å²) in [6.45, 7) is 3.28. The minimum absolute atomic E-state index is 0.0347. The molecule has 1 fully saturated rings. The van der Waals surface area contributed by atoms with Crippen LogP contribution >= 0.6 is 0 Å². The number of carbonyl (C=O) groups excluding carboxylic acids is 2. The summed E-state index contributed by atoms with van der Waals surface area (Å²) in [6, 6.07) is 6.65. The molecular formula is C21H28FN5O3. The first kappa shape index (κ1) is 21.9. The van der Waals surface area contributed by atoms with Crippen molar-refractivity contribution in [3.8, 4) is 0 Å². The summed E-state index contributed by atoms with van der Waals surface area (Å²) in [4.78, 5) is 26.8. The average Bonchev–Trinajstić information content (AvgIpc) is 3.30. The third-order valence-corrected chi connectivity index (χ3v) is 5.14. The van der Waals surface area contributed by atoms with E-state index in [0.29, 0.717) is 18.8 Å². The Balaban J connectivity index is 1.68. The largest absolute Gasteiger partial charge is 0.370 e. The minimum atomic E-state index is -0.262. The van der Waals surface area contributed by atoms with Crippen molar-refractivity contribution in [1.29, 1.82) is 0 Å². The van der Waals surface area contributed by atoms with Gasteiger partial charge in [-0.15, -0.1) is 0 Å². The lowest BCUT2D eigenvalue weighted by Gasteiger charge is -2.24. The molecule has 1 N–H and O–H groups in total. The molecule has 2 atom stereocenters. The third kappa shape index (κ3) is 5.87. The number of anilines is 1. The number of benzene rings is 1. The predicted octanol–water partition coefficient (Wildman–Crippen LogP) is 1.90. The molecule has 1 aromatic carbocycles. The van der Waals surface area contributed by atoms with Gasteiger partial charge in [-0.3, -0.25) is 19.2 Å². The van der Waals surface area contributed by atoms with Crippen LogP contribution in [-0.4, -0.2) is 71.3 Å². The number of halogens is 1. The first-order valence-corrected chi connectivity index (χ1v) is 9.90. The number of ether oxygens (including phenoxy) is 1.